The Balaban J connectivity index is 2.70. The molecule has 1 unspecified atom stereocenters. The number of hydrazine groups is 1. The molecule has 4 N–H and O–H groups in total. The van der Waals surface area contributed by atoms with Gasteiger partial charge in [0.05, 0.1) is 7.11 Å². The van der Waals surface area contributed by atoms with Crippen molar-refractivity contribution in [2.24, 2.45) is 17.7 Å². The molecule has 0 aliphatic rings. The van der Waals surface area contributed by atoms with Gasteiger partial charge in [0.15, 0.2) is 0 Å². The number of ether oxygens (including phenoxy) is 1. The first-order valence-corrected chi connectivity index (χ1v) is 5.57. The highest BCUT2D eigenvalue weighted by molar-refractivity contribution is 5.34. The number of nitrogens with two attached hydrogens (primary N) is 1. The van der Waals surface area contributed by atoms with E-state index in [1.54, 1.807) is 0 Å². The van der Waals surface area contributed by atoms with Gasteiger partial charge in [0.25, 0.3) is 0 Å². The predicted molar refractivity (Wildman–Crippen MR) is 66.7 cm³/mol. The second-order valence-corrected chi connectivity index (χ2v) is 4.22. The van der Waals surface area contributed by atoms with E-state index in [1.807, 2.05) is 0 Å². The number of anilines is 2. The van der Waals surface area contributed by atoms with Gasteiger partial charge in [-0.3, -0.25) is 5.43 Å². The SMILES string of the molecule is COc1nc(NN)nc(NCC(C)C(C)C)n1. The van der Waals surface area contributed by atoms with Crippen LogP contribution in [0.4, 0.5) is 11.9 Å². The van der Waals surface area contributed by atoms with Crippen LogP contribution in [0.15, 0.2) is 0 Å². The Morgan fingerprint density at radius 3 is 2.35 bits per heavy atom. The summed E-state index contributed by atoms with van der Waals surface area (Å²) in [5.41, 5.74) is 2.37. The lowest BCUT2D eigenvalue weighted by molar-refractivity contribution is 0.379. The molecular weight excluding hydrogens is 220 g/mol. The van der Waals surface area contributed by atoms with E-state index < -0.39 is 0 Å². The molecule has 96 valence electrons. The van der Waals surface area contributed by atoms with Gasteiger partial charge in [-0.2, -0.15) is 15.0 Å². The number of methoxy groups -OCH3 is 1. The zero-order valence-corrected chi connectivity index (χ0v) is 10.7. The average Bonchev–Trinajstić information content (AvgIpc) is 2.35. The molecule has 7 heteroatoms. The summed E-state index contributed by atoms with van der Waals surface area (Å²) in [5.74, 6) is 7.11. The predicted octanol–water partition coefficient (Wildman–Crippen LogP) is 0.870. The highest BCUT2D eigenvalue weighted by Crippen LogP contribution is 2.13. The van der Waals surface area contributed by atoms with Crippen molar-refractivity contribution in [2.75, 3.05) is 24.4 Å². The van der Waals surface area contributed by atoms with Crippen LogP contribution in [0.2, 0.25) is 0 Å². The van der Waals surface area contributed by atoms with E-state index in [0.717, 1.165) is 6.54 Å². The Hall–Kier alpha value is -1.63. The zero-order valence-electron chi connectivity index (χ0n) is 10.7. The summed E-state index contributed by atoms with van der Waals surface area (Å²) in [5, 5.41) is 3.14. The van der Waals surface area contributed by atoms with Crippen LogP contribution in [-0.2, 0) is 0 Å². The second kappa shape index (κ2) is 6.19. The van der Waals surface area contributed by atoms with Gasteiger partial charge in [-0.1, -0.05) is 20.8 Å². The average molecular weight is 240 g/mol. The topological polar surface area (TPSA) is 98.0 Å². The molecule has 0 amide bonds. The van der Waals surface area contributed by atoms with Gasteiger partial charge in [-0.15, -0.1) is 0 Å². The Morgan fingerprint density at radius 2 is 1.82 bits per heavy atom. The minimum absolute atomic E-state index is 0.229. The number of nitrogens with zero attached hydrogens (tertiary/aromatic N) is 3. The number of nitrogens with one attached hydrogen (secondary N) is 2. The molecule has 7 nitrogen and oxygen atoms in total. The monoisotopic (exact) mass is 240 g/mol. The summed E-state index contributed by atoms with van der Waals surface area (Å²) >= 11 is 0. The van der Waals surface area contributed by atoms with E-state index in [1.165, 1.54) is 7.11 Å². The summed E-state index contributed by atoms with van der Waals surface area (Å²) in [6.07, 6.45) is 0. The van der Waals surface area contributed by atoms with Crippen LogP contribution in [-0.4, -0.2) is 28.6 Å². The van der Waals surface area contributed by atoms with Gasteiger partial charge < -0.3 is 10.1 Å². The lowest BCUT2D eigenvalue weighted by atomic mass is 9.98. The van der Waals surface area contributed by atoms with Gasteiger partial charge in [0.2, 0.25) is 11.9 Å². The molecule has 1 aromatic rings. The maximum absolute atomic E-state index is 5.26. The zero-order chi connectivity index (χ0) is 12.8. The molecule has 1 heterocycles. The number of nitrogen functional groups attached to an aromatic ring is 1. The van der Waals surface area contributed by atoms with Gasteiger partial charge in [0.1, 0.15) is 0 Å². The molecule has 0 radical (unpaired) electrons. The van der Waals surface area contributed by atoms with Crippen molar-refractivity contribution in [3.8, 4) is 6.01 Å². The Bertz CT molecular complexity index is 334. The van der Waals surface area contributed by atoms with E-state index >= 15 is 0 Å². The Morgan fingerprint density at radius 1 is 1.18 bits per heavy atom. The van der Waals surface area contributed by atoms with Crippen molar-refractivity contribution in [1.29, 1.82) is 0 Å². The van der Waals surface area contributed by atoms with Crippen molar-refractivity contribution in [3.05, 3.63) is 0 Å². The fourth-order valence-corrected chi connectivity index (χ4v) is 1.08. The molecular formula is C10H20N6O. The third kappa shape index (κ3) is 4.03. The molecule has 0 aromatic carbocycles. The third-order valence-electron chi connectivity index (χ3n) is 2.65. The quantitative estimate of drug-likeness (QED) is 0.501. The first-order chi connectivity index (χ1) is 8.06. The molecule has 1 atom stereocenters. The molecule has 1 aromatic heterocycles. The highest BCUT2D eigenvalue weighted by atomic mass is 16.5. The number of hydrogen-bond acceptors (Lipinski definition) is 7. The summed E-state index contributed by atoms with van der Waals surface area (Å²) in [6, 6.07) is 0.229. The smallest absolute Gasteiger partial charge is 0.322 e. The molecule has 17 heavy (non-hydrogen) atoms. The summed E-state index contributed by atoms with van der Waals surface area (Å²) < 4.78 is 4.95. The molecule has 1 rings (SSSR count). The molecule has 0 bridgehead atoms. The van der Waals surface area contributed by atoms with E-state index in [9.17, 15) is 0 Å². The summed E-state index contributed by atoms with van der Waals surface area (Å²) in [6.45, 7) is 7.30. The molecule has 0 aliphatic heterocycles. The maximum Gasteiger partial charge on any atom is 0.322 e. The fourth-order valence-electron chi connectivity index (χ4n) is 1.08. The first kappa shape index (κ1) is 13.4. The second-order valence-electron chi connectivity index (χ2n) is 4.22. The standard InChI is InChI=1S/C10H20N6O/c1-6(2)7(3)5-12-8-13-9(16-11)15-10(14-8)17-4/h6-7H,5,11H2,1-4H3,(H2,12,13,14,15,16). The molecule has 0 saturated heterocycles. The third-order valence-corrected chi connectivity index (χ3v) is 2.65. The van der Waals surface area contributed by atoms with Crippen LogP contribution in [0.5, 0.6) is 6.01 Å². The number of aromatic nitrogens is 3. The van der Waals surface area contributed by atoms with Crippen molar-refractivity contribution < 1.29 is 4.74 Å². The Labute approximate surface area is 101 Å². The van der Waals surface area contributed by atoms with Crippen molar-refractivity contribution in [3.63, 3.8) is 0 Å². The lowest BCUT2D eigenvalue weighted by Crippen LogP contribution is -2.19. The van der Waals surface area contributed by atoms with Crippen LogP contribution in [0.1, 0.15) is 20.8 Å². The molecule has 0 fully saturated rings. The van der Waals surface area contributed by atoms with Gasteiger partial charge in [-0.25, -0.2) is 5.84 Å². The number of hydrogen-bond donors (Lipinski definition) is 3. The van der Waals surface area contributed by atoms with Crippen LogP contribution < -0.4 is 21.3 Å². The first-order valence-electron chi connectivity index (χ1n) is 5.57. The van der Waals surface area contributed by atoms with Crippen molar-refractivity contribution >= 4 is 11.9 Å². The fraction of sp³-hybridized carbons (Fsp3) is 0.700. The minimum Gasteiger partial charge on any atom is -0.467 e. The molecule has 0 spiro atoms. The molecule has 0 aliphatic carbocycles. The van der Waals surface area contributed by atoms with Crippen molar-refractivity contribution in [1.82, 2.24) is 15.0 Å². The maximum atomic E-state index is 5.26. The number of rotatable bonds is 6. The van der Waals surface area contributed by atoms with E-state index in [2.05, 4.69) is 46.5 Å². The van der Waals surface area contributed by atoms with E-state index in [4.69, 9.17) is 10.6 Å². The van der Waals surface area contributed by atoms with Gasteiger partial charge >= 0.3 is 6.01 Å². The van der Waals surface area contributed by atoms with Crippen LogP contribution in [0.25, 0.3) is 0 Å². The minimum atomic E-state index is 0.229. The lowest BCUT2D eigenvalue weighted by Gasteiger charge is -2.16. The molecule has 0 saturated carbocycles. The van der Waals surface area contributed by atoms with E-state index in [-0.39, 0.29) is 12.0 Å². The van der Waals surface area contributed by atoms with Crippen molar-refractivity contribution in [2.45, 2.75) is 20.8 Å². The van der Waals surface area contributed by atoms with E-state index in [0.29, 0.717) is 17.8 Å². The van der Waals surface area contributed by atoms with Crippen LogP contribution in [0.3, 0.4) is 0 Å². The highest BCUT2D eigenvalue weighted by Gasteiger charge is 2.09. The Kier molecular flexibility index (Phi) is 4.89. The normalized spacial score (nSPS) is 12.4. The summed E-state index contributed by atoms with van der Waals surface area (Å²) in [7, 11) is 1.50. The van der Waals surface area contributed by atoms with Gasteiger partial charge in [0, 0.05) is 6.54 Å². The van der Waals surface area contributed by atoms with Gasteiger partial charge in [-0.05, 0) is 11.8 Å². The van der Waals surface area contributed by atoms with Crippen LogP contribution >= 0.6 is 0 Å². The van der Waals surface area contributed by atoms with Crippen LogP contribution in [0, 0.1) is 11.8 Å². The summed E-state index contributed by atoms with van der Waals surface area (Å²) in [4.78, 5) is 12.1. The largest absolute Gasteiger partial charge is 0.467 e.